The molecule has 0 bridgehead atoms. The second-order valence-electron chi connectivity index (χ2n) is 9.32. The van der Waals surface area contributed by atoms with Crippen molar-refractivity contribution in [3.8, 4) is 0 Å². The molecule has 2 N–H and O–H groups in total. The fourth-order valence-electron chi connectivity index (χ4n) is 4.11. The lowest BCUT2D eigenvalue weighted by Gasteiger charge is -2.21. The fourth-order valence-corrected chi connectivity index (χ4v) is 4.11. The fraction of sp³-hybridized carbons (Fsp3) is 0.370. The van der Waals surface area contributed by atoms with Crippen molar-refractivity contribution in [3.05, 3.63) is 70.7 Å². The lowest BCUT2D eigenvalue weighted by atomic mass is 10.0. The summed E-state index contributed by atoms with van der Waals surface area (Å²) in [5.74, 6) is -1.33. The van der Waals surface area contributed by atoms with Crippen LogP contribution in [0.4, 0.5) is 14.9 Å². The van der Waals surface area contributed by atoms with Crippen LogP contribution in [0.5, 0.6) is 0 Å². The van der Waals surface area contributed by atoms with Crippen molar-refractivity contribution < 1.29 is 23.9 Å². The Kier molecular flexibility index (Phi) is 9.58. The first kappa shape index (κ1) is 29.1. The second kappa shape index (κ2) is 12.9. The van der Waals surface area contributed by atoms with Crippen molar-refractivity contribution >= 4 is 34.6 Å². The summed E-state index contributed by atoms with van der Waals surface area (Å²) in [6.07, 6.45) is 4.03. The normalized spacial score (nSPS) is 12.0. The molecule has 39 heavy (non-hydrogen) atoms. The van der Waals surface area contributed by atoms with E-state index < -0.39 is 29.3 Å². The Labute approximate surface area is 225 Å². The number of imidazole rings is 1. The Morgan fingerprint density at radius 2 is 1.95 bits per heavy atom. The number of carboxylic acid groups (broad SMARTS) is 1. The summed E-state index contributed by atoms with van der Waals surface area (Å²) in [7, 11) is 4.60. The predicted molar refractivity (Wildman–Crippen MR) is 145 cm³/mol. The highest BCUT2D eigenvalue weighted by Gasteiger charge is 2.23. The van der Waals surface area contributed by atoms with Crippen LogP contribution >= 0.6 is 0 Å². The van der Waals surface area contributed by atoms with Gasteiger partial charge >= 0.3 is 6.09 Å². The molecule has 2 aromatic heterocycles. The molecule has 0 saturated carbocycles. The smallest absolute Gasteiger partial charge is 0.407 e. The first-order valence-electron chi connectivity index (χ1n) is 12.5. The summed E-state index contributed by atoms with van der Waals surface area (Å²) in [4.78, 5) is 56.4. The number of hydrogen-bond acceptors (Lipinski definition) is 5. The minimum atomic E-state index is -1.19. The Morgan fingerprint density at radius 1 is 1.21 bits per heavy atom. The maximum absolute atomic E-state index is 13.7. The van der Waals surface area contributed by atoms with Gasteiger partial charge in [0.15, 0.2) is 0 Å². The number of halogens is 1. The molecule has 0 fully saturated rings. The van der Waals surface area contributed by atoms with Crippen molar-refractivity contribution in [2.75, 3.05) is 33.0 Å². The SMILES string of the molecule is CCn1c(Cn2cccc(NC(=O)[C@@H](CC/C=C/C(=O)N(C)C)CN(C)C(=O)O)c2=O)nc2cc(F)ccc21. The van der Waals surface area contributed by atoms with E-state index in [0.29, 0.717) is 24.3 Å². The Morgan fingerprint density at radius 3 is 2.62 bits per heavy atom. The van der Waals surface area contributed by atoms with Crippen LogP contribution in [0.15, 0.2) is 53.5 Å². The minimum Gasteiger partial charge on any atom is -0.465 e. The van der Waals surface area contributed by atoms with Crippen molar-refractivity contribution in [3.63, 3.8) is 0 Å². The van der Waals surface area contributed by atoms with Crippen LogP contribution in [0, 0.1) is 11.7 Å². The number of aromatic nitrogens is 3. The van der Waals surface area contributed by atoms with Gasteiger partial charge in [-0.25, -0.2) is 14.2 Å². The molecule has 3 rings (SSSR count). The Bertz CT molecular complexity index is 1440. The third kappa shape index (κ3) is 7.30. The molecular formula is C27H33FN6O5. The van der Waals surface area contributed by atoms with Crippen LogP contribution in [0.1, 0.15) is 25.6 Å². The number of allylic oxidation sites excluding steroid dienone is 1. The number of carbonyl (C=O) groups excluding carboxylic acids is 2. The van der Waals surface area contributed by atoms with Crippen molar-refractivity contribution in [2.24, 2.45) is 5.92 Å². The number of fused-ring (bicyclic) bond motifs is 1. The molecule has 3 amide bonds. The third-order valence-electron chi connectivity index (χ3n) is 6.27. The van der Waals surface area contributed by atoms with Crippen LogP contribution in [-0.4, -0.2) is 74.6 Å². The van der Waals surface area contributed by atoms with Gasteiger partial charge in [0.25, 0.3) is 5.56 Å². The standard InChI is InChI=1S/C27H33FN6O5/c1-5-34-22-13-12-19(28)15-21(22)29-23(34)17-33-14-8-10-20(26(33)37)30-25(36)18(16-32(4)27(38)39)9-6-7-11-24(35)31(2)3/h7-8,10-15,18H,5-6,9,16-17H2,1-4H3,(H,30,36)(H,38,39)/b11-7+/t18-/m0/s1. The van der Waals surface area contributed by atoms with Crippen LogP contribution in [0.3, 0.4) is 0 Å². The van der Waals surface area contributed by atoms with E-state index >= 15 is 0 Å². The molecule has 11 nitrogen and oxygen atoms in total. The first-order valence-corrected chi connectivity index (χ1v) is 12.5. The average molecular weight is 541 g/mol. The summed E-state index contributed by atoms with van der Waals surface area (Å²) < 4.78 is 17.0. The van der Waals surface area contributed by atoms with Gasteiger partial charge in [-0.3, -0.25) is 14.4 Å². The zero-order chi connectivity index (χ0) is 28.7. The summed E-state index contributed by atoms with van der Waals surface area (Å²) in [6.45, 7) is 2.50. The van der Waals surface area contributed by atoms with E-state index in [1.165, 1.54) is 40.8 Å². The number of benzene rings is 1. The lowest BCUT2D eigenvalue weighted by molar-refractivity contribution is -0.123. The molecule has 0 radical (unpaired) electrons. The van der Waals surface area contributed by atoms with Gasteiger partial charge in [0, 0.05) is 46.5 Å². The number of anilines is 1. The number of amides is 3. The van der Waals surface area contributed by atoms with Gasteiger partial charge in [0.1, 0.15) is 17.3 Å². The molecule has 2 heterocycles. The number of pyridine rings is 1. The topological polar surface area (TPSA) is 130 Å². The van der Waals surface area contributed by atoms with Crippen molar-refractivity contribution in [1.29, 1.82) is 0 Å². The van der Waals surface area contributed by atoms with E-state index in [1.807, 2.05) is 11.5 Å². The molecule has 3 aromatic rings. The molecule has 1 aromatic carbocycles. The molecule has 12 heteroatoms. The second-order valence-corrected chi connectivity index (χ2v) is 9.32. The van der Waals surface area contributed by atoms with E-state index in [4.69, 9.17) is 0 Å². The van der Waals surface area contributed by atoms with Crippen LogP contribution in [0.25, 0.3) is 11.0 Å². The van der Waals surface area contributed by atoms with Gasteiger partial charge in [-0.05, 0) is 50.1 Å². The first-order chi connectivity index (χ1) is 18.5. The highest BCUT2D eigenvalue weighted by Crippen LogP contribution is 2.18. The molecule has 0 aliphatic carbocycles. The molecule has 0 spiro atoms. The maximum atomic E-state index is 13.7. The summed E-state index contributed by atoms with van der Waals surface area (Å²) >= 11 is 0. The molecule has 0 unspecified atom stereocenters. The molecular weight excluding hydrogens is 507 g/mol. The predicted octanol–water partition coefficient (Wildman–Crippen LogP) is 2.99. The minimum absolute atomic E-state index is 0.0361. The molecule has 1 atom stereocenters. The van der Waals surface area contributed by atoms with E-state index in [-0.39, 0.29) is 31.1 Å². The summed E-state index contributed by atoms with van der Waals surface area (Å²) in [6, 6.07) is 7.43. The number of nitrogens with one attached hydrogen (secondary N) is 1. The monoisotopic (exact) mass is 540 g/mol. The summed E-state index contributed by atoms with van der Waals surface area (Å²) in [5.41, 5.74) is 0.803. The highest BCUT2D eigenvalue weighted by atomic mass is 19.1. The number of hydrogen-bond donors (Lipinski definition) is 2. The molecule has 0 aliphatic rings. The third-order valence-corrected chi connectivity index (χ3v) is 6.27. The number of rotatable bonds is 11. The lowest BCUT2D eigenvalue weighted by Crippen LogP contribution is -2.37. The average Bonchev–Trinajstić information content (AvgIpc) is 3.23. The van der Waals surface area contributed by atoms with Gasteiger partial charge in [0.05, 0.1) is 23.5 Å². The highest BCUT2D eigenvalue weighted by molar-refractivity contribution is 5.92. The van der Waals surface area contributed by atoms with Gasteiger partial charge in [-0.2, -0.15) is 0 Å². The van der Waals surface area contributed by atoms with E-state index in [2.05, 4.69) is 10.3 Å². The number of nitrogens with zero attached hydrogens (tertiary/aromatic N) is 5. The molecule has 0 aliphatic heterocycles. The van der Waals surface area contributed by atoms with E-state index in [9.17, 15) is 28.7 Å². The van der Waals surface area contributed by atoms with Gasteiger partial charge in [-0.1, -0.05) is 6.08 Å². The van der Waals surface area contributed by atoms with Crippen molar-refractivity contribution in [1.82, 2.24) is 23.9 Å². The van der Waals surface area contributed by atoms with Crippen LogP contribution in [0.2, 0.25) is 0 Å². The van der Waals surface area contributed by atoms with E-state index in [1.54, 1.807) is 38.5 Å². The largest absolute Gasteiger partial charge is 0.465 e. The Hall–Kier alpha value is -4.48. The molecule has 208 valence electrons. The van der Waals surface area contributed by atoms with Gasteiger partial charge in [-0.15, -0.1) is 0 Å². The number of aryl methyl sites for hydroxylation is 1. The van der Waals surface area contributed by atoms with Crippen molar-refractivity contribution in [2.45, 2.75) is 32.9 Å². The van der Waals surface area contributed by atoms with Crippen LogP contribution < -0.4 is 10.9 Å². The quantitative estimate of drug-likeness (QED) is 0.360. The zero-order valence-corrected chi connectivity index (χ0v) is 22.4. The summed E-state index contributed by atoms with van der Waals surface area (Å²) in [5, 5.41) is 11.9. The van der Waals surface area contributed by atoms with Gasteiger partial charge in [0.2, 0.25) is 11.8 Å². The number of likely N-dealkylation sites (N-methyl/N-ethyl adjacent to an activating group) is 1. The van der Waals surface area contributed by atoms with E-state index in [0.717, 1.165) is 10.4 Å². The van der Waals surface area contributed by atoms with Crippen LogP contribution in [-0.2, 0) is 22.7 Å². The Balaban J connectivity index is 1.80. The zero-order valence-electron chi connectivity index (χ0n) is 22.4. The number of carbonyl (C=O) groups is 3. The van der Waals surface area contributed by atoms with Gasteiger partial charge < -0.3 is 29.4 Å². The maximum Gasteiger partial charge on any atom is 0.407 e. The molecule has 0 saturated heterocycles.